The van der Waals surface area contributed by atoms with E-state index in [0.29, 0.717) is 31.4 Å². The molecule has 6 nitrogen and oxygen atoms in total. The van der Waals surface area contributed by atoms with Crippen molar-refractivity contribution in [3.8, 4) is 0 Å². The maximum atomic E-state index is 11.4. The predicted molar refractivity (Wildman–Crippen MR) is 70.0 cm³/mol. The lowest BCUT2D eigenvalue weighted by atomic mass is 9.90. The first-order valence-electron chi connectivity index (χ1n) is 6.45. The molecule has 0 spiro atoms. The van der Waals surface area contributed by atoms with Crippen LogP contribution in [0.25, 0.3) is 0 Å². The van der Waals surface area contributed by atoms with E-state index in [1.165, 1.54) is 0 Å². The summed E-state index contributed by atoms with van der Waals surface area (Å²) in [6.07, 6.45) is 0. The Labute approximate surface area is 116 Å². The third-order valence-corrected chi connectivity index (χ3v) is 3.49. The lowest BCUT2D eigenvalue weighted by molar-refractivity contribution is -0.139. The number of rotatable bonds is 3. The van der Waals surface area contributed by atoms with Gasteiger partial charge in [0.2, 0.25) is 11.8 Å². The molecule has 1 unspecified atom stereocenters. The molecule has 2 aromatic rings. The molecule has 1 aromatic heterocycles. The van der Waals surface area contributed by atoms with Crippen molar-refractivity contribution in [1.29, 1.82) is 0 Å². The highest BCUT2D eigenvalue weighted by Crippen LogP contribution is 2.29. The zero-order valence-electron chi connectivity index (χ0n) is 11.1. The lowest BCUT2D eigenvalue weighted by Gasteiger charge is -2.31. The zero-order valence-corrected chi connectivity index (χ0v) is 11.1. The maximum Gasteiger partial charge on any atom is 0.312 e. The van der Waals surface area contributed by atoms with E-state index >= 15 is 0 Å². The van der Waals surface area contributed by atoms with Gasteiger partial charge in [-0.15, -0.1) is 10.2 Å². The molecule has 104 valence electrons. The van der Waals surface area contributed by atoms with Gasteiger partial charge in [-0.3, -0.25) is 9.69 Å². The van der Waals surface area contributed by atoms with Crippen LogP contribution < -0.4 is 0 Å². The smallest absolute Gasteiger partial charge is 0.312 e. The van der Waals surface area contributed by atoms with Gasteiger partial charge in [0.15, 0.2) is 0 Å². The van der Waals surface area contributed by atoms with Crippen molar-refractivity contribution in [2.24, 2.45) is 0 Å². The molecule has 1 N–H and O–H groups in total. The summed E-state index contributed by atoms with van der Waals surface area (Å²) in [6.45, 7) is 3.36. The molecule has 3 rings (SSSR count). The van der Waals surface area contributed by atoms with Gasteiger partial charge in [0.05, 0.1) is 12.5 Å². The molecule has 0 aliphatic carbocycles. The van der Waals surface area contributed by atoms with Gasteiger partial charge >= 0.3 is 5.97 Å². The first-order valence-corrected chi connectivity index (χ1v) is 6.45. The van der Waals surface area contributed by atoms with Gasteiger partial charge < -0.3 is 9.52 Å². The van der Waals surface area contributed by atoms with E-state index in [1.807, 2.05) is 29.2 Å². The Kier molecular flexibility index (Phi) is 3.23. The van der Waals surface area contributed by atoms with Crippen LogP contribution in [-0.4, -0.2) is 32.7 Å². The Morgan fingerprint density at radius 3 is 2.95 bits per heavy atom. The molecular weight excluding hydrogens is 258 g/mol. The third kappa shape index (κ3) is 2.42. The van der Waals surface area contributed by atoms with Crippen molar-refractivity contribution in [2.45, 2.75) is 25.9 Å². The van der Waals surface area contributed by atoms with Gasteiger partial charge in [0.1, 0.15) is 0 Å². The Morgan fingerprint density at radius 2 is 2.25 bits per heavy atom. The molecule has 1 aliphatic heterocycles. The van der Waals surface area contributed by atoms with Gasteiger partial charge in [-0.25, -0.2) is 0 Å². The summed E-state index contributed by atoms with van der Waals surface area (Å²) < 4.78 is 5.36. The fraction of sp³-hybridized carbons (Fsp3) is 0.357. The van der Waals surface area contributed by atoms with E-state index in [1.54, 1.807) is 6.92 Å². The van der Waals surface area contributed by atoms with E-state index in [-0.39, 0.29) is 0 Å². The highest BCUT2D eigenvalue weighted by molar-refractivity contribution is 5.77. The minimum atomic E-state index is -0.802. The number of carboxylic acid groups (broad SMARTS) is 1. The van der Waals surface area contributed by atoms with Gasteiger partial charge in [0.25, 0.3) is 0 Å². The summed E-state index contributed by atoms with van der Waals surface area (Å²) in [5.74, 6) is -0.272. The molecular formula is C14H15N3O3. The number of aryl methyl sites for hydroxylation is 1. The Balaban J connectivity index is 1.84. The number of aromatic nitrogens is 2. The van der Waals surface area contributed by atoms with Crippen molar-refractivity contribution >= 4 is 5.97 Å². The molecule has 0 amide bonds. The topological polar surface area (TPSA) is 79.5 Å². The molecule has 0 radical (unpaired) electrons. The second kappa shape index (κ2) is 5.05. The van der Waals surface area contributed by atoms with Crippen LogP contribution in [0.2, 0.25) is 0 Å². The van der Waals surface area contributed by atoms with Gasteiger partial charge in [-0.1, -0.05) is 24.3 Å². The van der Waals surface area contributed by atoms with E-state index in [0.717, 1.165) is 11.1 Å². The van der Waals surface area contributed by atoms with Crippen molar-refractivity contribution in [3.63, 3.8) is 0 Å². The highest BCUT2D eigenvalue weighted by atomic mass is 16.4. The number of carboxylic acids is 1. The summed E-state index contributed by atoms with van der Waals surface area (Å²) in [5, 5.41) is 17.1. The van der Waals surface area contributed by atoms with E-state index < -0.39 is 11.9 Å². The molecule has 1 atom stereocenters. The average molecular weight is 273 g/mol. The summed E-state index contributed by atoms with van der Waals surface area (Å²) >= 11 is 0. The van der Waals surface area contributed by atoms with Crippen LogP contribution >= 0.6 is 0 Å². The van der Waals surface area contributed by atoms with Gasteiger partial charge in [0, 0.05) is 20.0 Å². The van der Waals surface area contributed by atoms with Crippen molar-refractivity contribution in [1.82, 2.24) is 15.1 Å². The summed E-state index contributed by atoms with van der Waals surface area (Å²) in [5.41, 5.74) is 1.94. The molecule has 6 heteroatoms. The zero-order chi connectivity index (χ0) is 14.1. The standard InChI is InChI=1S/C14H15N3O3/c1-9-15-16-13(20-9)8-17-6-10-4-2-3-5-11(10)12(7-17)14(18)19/h2-5,12H,6-8H2,1H3,(H,18,19). The first kappa shape index (κ1) is 12.8. The maximum absolute atomic E-state index is 11.4. The summed E-state index contributed by atoms with van der Waals surface area (Å²) in [7, 11) is 0. The SMILES string of the molecule is Cc1nnc(CN2Cc3ccccc3C(C(=O)O)C2)o1. The molecule has 2 heterocycles. The van der Waals surface area contributed by atoms with Crippen LogP contribution in [0.1, 0.15) is 28.8 Å². The summed E-state index contributed by atoms with van der Waals surface area (Å²) in [6, 6.07) is 7.67. The fourth-order valence-electron chi connectivity index (χ4n) is 2.60. The second-order valence-corrected chi connectivity index (χ2v) is 4.97. The van der Waals surface area contributed by atoms with Crippen LogP contribution in [0, 0.1) is 6.92 Å². The van der Waals surface area contributed by atoms with E-state index in [2.05, 4.69) is 10.2 Å². The molecule has 20 heavy (non-hydrogen) atoms. The third-order valence-electron chi connectivity index (χ3n) is 3.49. The average Bonchev–Trinajstić information content (AvgIpc) is 2.83. The number of carbonyl (C=O) groups is 1. The molecule has 0 bridgehead atoms. The van der Waals surface area contributed by atoms with Crippen LogP contribution in [0.3, 0.4) is 0 Å². The minimum absolute atomic E-state index is 0.452. The normalized spacial score (nSPS) is 18.8. The van der Waals surface area contributed by atoms with Crippen LogP contribution in [0.4, 0.5) is 0 Å². The van der Waals surface area contributed by atoms with Crippen LogP contribution in [-0.2, 0) is 17.9 Å². The monoisotopic (exact) mass is 273 g/mol. The summed E-state index contributed by atoms with van der Waals surface area (Å²) in [4.78, 5) is 13.5. The number of fused-ring (bicyclic) bond motifs is 1. The Hall–Kier alpha value is -2.21. The second-order valence-electron chi connectivity index (χ2n) is 4.97. The van der Waals surface area contributed by atoms with Gasteiger partial charge in [-0.05, 0) is 11.1 Å². The number of nitrogens with zero attached hydrogens (tertiary/aromatic N) is 3. The molecule has 0 saturated carbocycles. The van der Waals surface area contributed by atoms with Crippen LogP contribution in [0.15, 0.2) is 28.7 Å². The van der Waals surface area contributed by atoms with Crippen molar-refractivity contribution in [2.75, 3.05) is 6.54 Å². The van der Waals surface area contributed by atoms with E-state index in [9.17, 15) is 9.90 Å². The highest BCUT2D eigenvalue weighted by Gasteiger charge is 2.30. The quantitative estimate of drug-likeness (QED) is 0.914. The minimum Gasteiger partial charge on any atom is -0.481 e. The Bertz CT molecular complexity index is 638. The molecule has 0 fully saturated rings. The Morgan fingerprint density at radius 1 is 1.45 bits per heavy atom. The van der Waals surface area contributed by atoms with Crippen LogP contribution in [0.5, 0.6) is 0 Å². The van der Waals surface area contributed by atoms with Gasteiger partial charge in [-0.2, -0.15) is 0 Å². The van der Waals surface area contributed by atoms with E-state index in [4.69, 9.17) is 4.42 Å². The largest absolute Gasteiger partial charge is 0.481 e. The van der Waals surface area contributed by atoms with Crippen molar-refractivity contribution < 1.29 is 14.3 Å². The molecule has 0 saturated heterocycles. The number of aliphatic carboxylic acids is 1. The number of benzene rings is 1. The predicted octanol–water partition coefficient (Wildman–Crippen LogP) is 1.56. The fourth-order valence-corrected chi connectivity index (χ4v) is 2.60. The number of hydrogen-bond donors (Lipinski definition) is 1. The number of hydrogen-bond acceptors (Lipinski definition) is 5. The molecule has 1 aliphatic rings. The molecule has 1 aromatic carbocycles. The lowest BCUT2D eigenvalue weighted by Crippen LogP contribution is -2.36. The first-order chi connectivity index (χ1) is 9.63. The van der Waals surface area contributed by atoms with Crippen molar-refractivity contribution in [3.05, 3.63) is 47.2 Å².